The van der Waals surface area contributed by atoms with E-state index in [-0.39, 0.29) is 43.2 Å². The smallest absolute Gasteiger partial charge is 0.227 e. The van der Waals surface area contributed by atoms with E-state index in [0.29, 0.717) is 6.54 Å². The van der Waals surface area contributed by atoms with Crippen molar-refractivity contribution >= 4 is 17.5 Å². The summed E-state index contributed by atoms with van der Waals surface area (Å²) < 4.78 is 5.63. The van der Waals surface area contributed by atoms with Gasteiger partial charge in [0, 0.05) is 25.1 Å². The molecule has 2 amide bonds. The van der Waals surface area contributed by atoms with E-state index in [1.54, 1.807) is 4.90 Å². The predicted molar refractivity (Wildman–Crippen MR) is 117 cm³/mol. The zero-order valence-electron chi connectivity index (χ0n) is 17.8. The van der Waals surface area contributed by atoms with Crippen molar-refractivity contribution in [3.05, 3.63) is 60.2 Å². The van der Waals surface area contributed by atoms with Gasteiger partial charge in [-0.25, -0.2) is 0 Å². The third kappa shape index (κ3) is 7.25. The highest BCUT2D eigenvalue weighted by atomic mass is 16.5. The Morgan fingerprint density at radius 2 is 1.70 bits per heavy atom. The molecule has 0 saturated carbocycles. The number of rotatable bonds is 10. The third-order valence-electron chi connectivity index (χ3n) is 4.51. The number of anilines is 1. The Labute approximate surface area is 178 Å². The van der Waals surface area contributed by atoms with Gasteiger partial charge in [-0.1, -0.05) is 30.3 Å². The van der Waals surface area contributed by atoms with Crippen LogP contribution in [0.25, 0.3) is 0 Å². The van der Waals surface area contributed by atoms with Gasteiger partial charge < -0.3 is 15.0 Å². The van der Waals surface area contributed by atoms with Gasteiger partial charge in [-0.15, -0.1) is 0 Å². The summed E-state index contributed by atoms with van der Waals surface area (Å²) in [6.07, 6.45) is 0.516. The second-order valence-corrected chi connectivity index (χ2v) is 7.31. The lowest BCUT2D eigenvalue weighted by molar-refractivity contribution is -0.125. The maximum absolute atomic E-state index is 12.7. The summed E-state index contributed by atoms with van der Waals surface area (Å²) in [7, 11) is 0. The van der Waals surface area contributed by atoms with Crippen LogP contribution in [-0.2, 0) is 9.59 Å². The molecule has 0 heterocycles. The monoisotopic (exact) mass is 407 g/mol. The number of nitriles is 1. The van der Waals surface area contributed by atoms with Crippen molar-refractivity contribution in [3.8, 4) is 11.8 Å². The second kappa shape index (κ2) is 11.6. The Balaban J connectivity index is 1.89. The summed E-state index contributed by atoms with van der Waals surface area (Å²) in [6.45, 7) is 6.15. The Hall–Kier alpha value is -3.33. The molecule has 2 aromatic rings. The molecule has 0 aliphatic heterocycles. The van der Waals surface area contributed by atoms with E-state index in [4.69, 9.17) is 10.00 Å². The Kier molecular flexibility index (Phi) is 8.89. The molecular weight excluding hydrogens is 378 g/mol. The van der Waals surface area contributed by atoms with E-state index >= 15 is 0 Å². The minimum absolute atomic E-state index is 0.0834. The minimum atomic E-state index is -0.188. The number of carbonyl (C=O) groups excluding carboxylic acids is 2. The van der Waals surface area contributed by atoms with E-state index in [1.165, 1.54) is 0 Å². The molecule has 6 heteroatoms. The molecule has 0 radical (unpaired) electrons. The first-order chi connectivity index (χ1) is 14.4. The minimum Gasteiger partial charge on any atom is -0.491 e. The van der Waals surface area contributed by atoms with Crippen LogP contribution in [0.15, 0.2) is 54.6 Å². The summed E-state index contributed by atoms with van der Waals surface area (Å²) in [5.41, 5.74) is 1.70. The number of benzene rings is 2. The van der Waals surface area contributed by atoms with Crippen LogP contribution in [-0.4, -0.2) is 24.5 Å². The van der Waals surface area contributed by atoms with Gasteiger partial charge in [0.2, 0.25) is 11.8 Å². The number of para-hydroxylation sites is 1. The summed E-state index contributed by atoms with van der Waals surface area (Å²) in [6, 6.07) is 18.7. The molecule has 0 aliphatic carbocycles. The van der Waals surface area contributed by atoms with Crippen LogP contribution in [0.5, 0.6) is 5.75 Å². The van der Waals surface area contributed by atoms with Crippen molar-refractivity contribution < 1.29 is 14.3 Å². The van der Waals surface area contributed by atoms with E-state index in [9.17, 15) is 9.59 Å². The van der Waals surface area contributed by atoms with Crippen LogP contribution in [0, 0.1) is 11.3 Å². The first-order valence-electron chi connectivity index (χ1n) is 10.2. The SMILES string of the molecule is CC(C)Oc1ccc(C(C)NC(=O)CCC(=O)N(CCC#N)c2ccccc2)cc1. The van der Waals surface area contributed by atoms with Crippen molar-refractivity contribution in [2.75, 3.05) is 11.4 Å². The van der Waals surface area contributed by atoms with E-state index in [0.717, 1.165) is 17.0 Å². The fourth-order valence-electron chi connectivity index (χ4n) is 3.03. The Bertz CT molecular complexity index is 858. The number of ether oxygens (including phenoxy) is 1. The van der Waals surface area contributed by atoms with Gasteiger partial charge >= 0.3 is 0 Å². The number of nitrogens with zero attached hydrogens (tertiary/aromatic N) is 2. The molecule has 2 rings (SSSR count). The zero-order chi connectivity index (χ0) is 21.9. The lowest BCUT2D eigenvalue weighted by Gasteiger charge is -2.22. The molecule has 158 valence electrons. The maximum Gasteiger partial charge on any atom is 0.227 e. The number of carbonyl (C=O) groups is 2. The van der Waals surface area contributed by atoms with Gasteiger partial charge in [0.15, 0.2) is 0 Å². The largest absolute Gasteiger partial charge is 0.491 e. The predicted octanol–water partition coefficient (Wildman–Crippen LogP) is 4.38. The molecule has 0 bridgehead atoms. The molecular formula is C24H29N3O3. The molecule has 2 aromatic carbocycles. The number of hydrogen-bond donors (Lipinski definition) is 1. The molecule has 0 aliphatic rings. The van der Waals surface area contributed by atoms with E-state index in [1.807, 2.05) is 75.4 Å². The highest BCUT2D eigenvalue weighted by Gasteiger charge is 2.17. The Morgan fingerprint density at radius 1 is 1.03 bits per heavy atom. The van der Waals surface area contributed by atoms with Gasteiger partial charge in [-0.2, -0.15) is 5.26 Å². The molecule has 30 heavy (non-hydrogen) atoms. The molecule has 1 unspecified atom stereocenters. The molecule has 0 aromatic heterocycles. The van der Waals surface area contributed by atoms with Crippen LogP contribution in [0.1, 0.15) is 51.6 Å². The summed E-state index contributed by atoms with van der Waals surface area (Å²) in [5, 5.41) is 11.8. The fraction of sp³-hybridized carbons (Fsp3) is 0.375. The number of hydrogen-bond acceptors (Lipinski definition) is 4. The molecule has 0 saturated heterocycles. The highest BCUT2D eigenvalue weighted by Crippen LogP contribution is 2.19. The molecule has 1 N–H and O–H groups in total. The maximum atomic E-state index is 12.7. The van der Waals surface area contributed by atoms with Crippen molar-refractivity contribution in [1.82, 2.24) is 5.32 Å². The van der Waals surface area contributed by atoms with Gasteiger partial charge in [-0.3, -0.25) is 9.59 Å². The molecule has 6 nitrogen and oxygen atoms in total. The van der Waals surface area contributed by atoms with E-state index in [2.05, 4.69) is 11.4 Å². The first-order valence-corrected chi connectivity index (χ1v) is 10.2. The zero-order valence-corrected chi connectivity index (χ0v) is 17.8. The molecule has 1 atom stereocenters. The van der Waals surface area contributed by atoms with Crippen molar-refractivity contribution in [2.45, 2.75) is 52.2 Å². The fourth-order valence-corrected chi connectivity index (χ4v) is 3.03. The van der Waals surface area contributed by atoms with E-state index < -0.39 is 0 Å². The lowest BCUT2D eigenvalue weighted by Crippen LogP contribution is -2.33. The highest BCUT2D eigenvalue weighted by molar-refractivity contribution is 5.95. The van der Waals surface area contributed by atoms with Gasteiger partial charge in [0.1, 0.15) is 5.75 Å². The summed E-state index contributed by atoms with van der Waals surface area (Å²) >= 11 is 0. The third-order valence-corrected chi connectivity index (χ3v) is 4.51. The van der Waals surface area contributed by atoms with Gasteiger partial charge in [0.05, 0.1) is 24.6 Å². The van der Waals surface area contributed by atoms with Crippen molar-refractivity contribution in [1.29, 1.82) is 5.26 Å². The van der Waals surface area contributed by atoms with Crippen LogP contribution >= 0.6 is 0 Å². The average Bonchev–Trinajstić information content (AvgIpc) is 2.73. The number of nitrogens with one attached hydrogen (secondary N) is 1. The lowest BCUT2D eigenvalue weighted by atomic mass is 10.1. The normalized spacial score (nSPS) is 11.4. The van der Waals surface area contributed by atoms with Gasteiger partial charge in [-0.05, 0) is 50.6 Å². The first kappa shape index (κ1) is 23.0. The quantitative estimate of drug-likeness (QED) is 0.634. The van der Waals surface area contributed by atoms with Crippen molar-refractivity contribution in [3.63, 3.8) is 0 Å². The number of amides is 2. The van der Waals surface area contributed by atoms with Crippen LogP contribution < -0.4 is 15.0 Å². The van der Waals surface area contributed by atoms with Crippen LogP contribution in [0.4, 0.5) is 5.69 Å². The molecule has 0 fully saturated rings. The van der Waals surface area contributed by atoms with Crippen LogP contribution in [0.3, 0.4) is 0 Å². The summed E-state index contributed by atoms with van der Waals surface area (Å²) in [5.74, 6) is 0.428. The topological polar surface area (TPSA) is 82.4 Å². The standard InChI is InChI=1S/C24H29N3O3/c1-18(2)30-22-12-10-20(11-13-22)19(3)26-23(28)14-15-24(29)27(17-7-16-25)21-8-5-4-6-9-21/h4-6,8-13,18-19H,7,14-15,17H2,1-3H3,(H,26,28). The molecule has 0 spiro atoms. The summed E-state index contributed by atoms with van der Waals surface area (Å²) in [4.78, 5) is 26.6. The van der Waals surface area contributed by atoms with Gasteiger partial charge in [0.25, 0.3) is 0 Å². The van der Waals surface area contributed by atoms with Crippen molar-refractivity contribution in [2.24, 2.45) is 0 Å². The second-order valence-electron chi connectivity index (χ2n) is 7.31. The average molecular weight is 408 g/mol. The Morgan fingerprint density at radius 3 is 2.30 bits per heavy atom. The van der Waals surface area contributed by atoms with Crippen LogP contribution in [0.2, 0.25) is 0 Å².